The molecular weight excluding hydrogens is 326 g/mol. The fraction of sp³-hybridized carbons (Fsp3) is 0.318. The minimum atomic E-state index is -0.552. The van der Waals surface area contributed by atoms with Crippen molar-refractivity contribution in [2.45, 2.75) is 32.1 Å². The molecule has 2 fully saturated rings. The van der Waals surface area contributed by atoms with Crippen molar-refractivity contribution in [3.63, 3.8) is 0 Å². The monoisotopic (exact) mass is 345 g/mol. The minimum absolute atomic E-state index is 0.0962. The van der Waals surface area contributed by atoms with E-state index in [9.17, 15) is 14.4 Å². The second kappa shape index (κ2) is 5.13. The first-order valence-electron chi connectivity index (χ1n) is 9.06. The molecule has 26 heavy (non-hydrogen) atoms. The highest BCUT2D eigenvalue weighted by Crippen LogP contribution is 2.57. The normalized spacial score (nSPS) is 29.2. The Hall–Kier alpha value is -2.75. The highest BCUT2D eigenvalue weighted by molar-refractivity contribution is 6.25. The van der Waals surface area contributed by atoms with Crippen LogP contribution in [0.3, 0.4) is 0 Å². The number of imide groups is 1. The number of carbonyl (C=O) groups is 3. The van der Waals surface area contributed by atoms with Gasteiger partial charge in [0.1, 0.15) is 5.78 Å². The summed E-state index contributed by atoms with van der Waals surface area (Å²) in [5.41, 5.74) is 4.65. The highest BCUT2D eigenvalue weighted by atomic mass is 16.2. The van der Waals surface area contributed by atoms with Crippen LogP contribution in [-0.2, 0) is 14.4 Å². The molecular formula is C22H19NO3. The summed E-state index contributed by atoms with van der Waals surface area (Å²) in [6.45, 7) is 3.90. The van der Waals surface area contributed by atoms with E-state index in [1.807, 2.05) is 56.3 Å². The van der Waals surface area contributed by atoms with Crippen LogP contribution in [0, 0.1) is 25.7 Å². The van der Waals surface area contributed by atoms with Crippen molar-refractivity contribution in [3.8, 4) is 0 Å². The topological polar surface area (TPSA) is 54.5 Å². The minimum Gasteiger partial charge on any atom is -0.299 e. The largest absolute Gasteiger partial charge is 0.299 e. The van der Waals surface area contributed by atoms with E-state index in [0.717, 1.165) is 22.3 Å². The standard InChI is InChI=1S/C22H19NO3/c1-11-6-5-9-16(12(11)2)23-21(25)19-15-10-17(24)18(20(19)22(23)26)14-8-4-3-7-13(14)15/h3-9,15,18-20H,10H2,1-2H3/t15-,18-,19-,20-/m0/s1. The Labute approximate surface area is 151 Å². The van der Waals surface area contributed by atoms with Gasteiger partial charge in [0.25, 0.3) is 0 Å². The van der Waals surface area contributed by atoms with Crippen LogP contribution in [-0.4, -0.2) is 17.6 Å². The number of hydrogen-bond acceptors (Lipinski definition) is 3. The maximum atomic E-state index is 13.3. The molecule has 4 atom stereocenters. The third-order valence-corrected chi connectivity index (χ3v) is 6.51. The van der Waals surface area contributed by atoms with Crippen molar-refractivity contribution >= 4 is 23.3 Å². The molecule has 6 rings (SSSR count). The van der Waals surface area contributed by atoms with Crippen molar-refractivity contribution in [1.29, 1.82) is 0 Å². The van der Waals surface area contributed by atoms with Gasteiger partial charge in [-0.25, -0.2) is 4.90 Å². The first-order valence-corrected chi connectivity index (χ1v) is 9.06. The van der Waals surface area contributed by atoms with Gasteiger partial charge in [-0.1, -0.05) is 36.4 Å². The van der Waals surface area contributed by atoms with Crippen LogP contribution < -0.4 is 4.90 Å². The summed E-state index contributed by atoms with van der Waals surface area (Å²) in [5.74, 6) is -1.90. The van der Waals surface area contributed by atoms with Crippen LogP contribution in [0.25, 0.3) is 0 Å². The van der Waals surface area contributed by atoms with E-state index in [0.29, 0.717) is 12.1 Å². The predicted molar refractivity (Wildman–Crippen MR) is 96.9 cm³/mol. The summed E-state index contributed by atoms with van der Waals surface area (Å²) in [6, 6.07) is 13.5. The lowest BCUT2D eigenvalue weighted by atomic mass is 9.56. The Kier molecular flexibility index (Phi) is 3.06. The maximum Gasteiger partial charge on any atom is 0.238 e. The average Bonchev–Trinajstić information content (AvgIpc) is 2.90. The number of aryl methyl sites for hydroxylation is 1. The summed E-state index contributed by atoms with van der Waals surface area (Å²) < 4.78 is 0. The lowest BCUT2D eigenvalue weighted by molar-refractivity contribution is -0.134. The molecule has 1 saturated carbocycles. The molecule has 2 aromatic rings. The van der Waals surface area contributed by atoms with Gasteiger partial charge >= 0.3 is 0 Å². The van der Waals surface area contributed by atoms with Gasteiger partial charge in [-0.15, -0.1) is 0 Å². The second-order valence-corrected chi connectivity index (χ2v) is 7.67. The number of hydrogen-bond donors (Lipinski definition) is 0. The van der Waals surface area contributed by atoms with Crippen LogP contribution >= 0.6 is 0 Å². The van der Waals surface area contributed by atoms with Crippen LogP contribution in [0.2, 0.25) is 0 Å². The van der Waals surface area contributed by atoms with Gasteiger partial charge in [0.15, 0.2) is 0 Å². The molecule has 0 unspecified atom stereocenters. The van der Waals surface area contributed by atoms with E-state index < -0.39 is 17.8 Å². The molecule has 2 bridgehead atoms. The van der Waals surface area contributed by atoms with Gasteiger partial charge in [0.2, 0.25) is 11.8 Å². The molecule has 0 aromatic heterocycles. The van der Waals surface area contributed by atoms with Gasteiger partial charge in [-0.05, 0) is 42.2 Å². The fourth-order valence-corrected chi connectivity index (χ4v) is 5.17. The van der Waals surface area contributed by atoms with Crippen LogP contribution in [0.15, 0.2) is 42.5 Å². The molecule has 4 nitrogen and oxygen atoms in total. The van der Waals surface area contributed by atoms with E-state index in [-0.39, 0.29) is 23.5 Å². The van der Waals surface area contributed by atoms with E-state index in [1.54, 1.807) is 0 Å². The van der Waals surface area contributed by atoms with Crippen LogP contribution in [0.1, 0.15) is 40.5 Å². The van der Waals surface area contributed by atoms with E-state index >= 15 is 0 Å². The molecule has 1 saturated heterocycles. The second-order valence-electron chi connectivity index (χ2n) is 7.67. The quantitative estimate of drug-likeness (QED) is 0.746. The summed E-state index contributed by atoms with van der Waals surface area (Å²) in [5, 5.41) is 0. The number of benzene rings is 2. The predicted octanol–water partition coefficient (Wildman–Crippen LogP) is 3.26. The zero-order valence-electron chi connectivity index (χ0n) is 14.7. The maximum absolute atomic E-state index is 13.3. The lowest BCUT2D eigenvalue weighted by Gasteiger charge is -2.43. The Balaban J connectivity index is 1.68. The number of fused-ring (bicyclic) bond motifs is 1. The molecule has 2 aromatic carbocycles. The molecule has 3 aliphatic carbocycles. The zero-order chi connectivity index (χ0) is 18.2. The summed E-state index contributed by atoms with van der Waals surface area (Å²) >= 11 is 0. The van der Waals surface area contributed by atoms with Crippen molar-refractivity contribution in [1.82, 2.24) is 0 Å². The Morgan fingerprint density at radius 2 is 1.54 bits per heavy atom. The summed E-state index contributed by atoms with van der Waals surface area (Å²) in [6.07, 6.45) is 0.364. The molecule has 130 valence electrons. The van der Waals surface area contributed by atoms with E-state index in [1.165, 1.54) is 4.90 Å². The molecule has 1 heterocycles. The zero-order valence-corrected chi connectivity index (χ0v) is 14.7. The first-order chi connectivity index (χ1) is 12.5. The molecule has 2 amide bonds. The van der Waals surface area contributed by atoms with Crippen LogP contribution in [0.4, 0.5) is 5.69 Å². The number of nitrogens with zero attached hydrogens (tertiary/aromatic N) is 1. The van der Waals surface area contributed by atoms with E-state index in [4.69, 9.17) is 0 Å². The Bertz CT molecular complexity index is 993. The van der Waals surface area contributed by atoms with Gasteiger partial charge in [0.05, 0.1) is 23.4 Å². The van der Waals surface area contributed by atoms with Gasteiger partial charge in [-0.3, -0.25) is 14.4 Å². The van der Waals surface area contributed by atoms with Gasteiger partial charge in [-0.2, -0.15) is 0 Å². The number of Topliss-reactive ketones (excluding diaryl/α,β-unsaturated/α-hetero) is 1. The van der Waals surface area contributed by atoms with Crippen molar-refractivity contribution in [3.05, 3.63) is 64.7 Å². The Morgan fingerprint density at radius 1 is 0.846 bits per heavy atom. The first kappa shape index (κ1) is 15.5. The van der Waals surface area contributed by atoms with Crippen molar-refractivity contribution in [2.75, 3.05) is 4.90 Å². The third-order valence-electron chi connectivity index (χ3n) is 6.51. The smallest absolute Gasteiger partial charge is 0.238 e. The average molecular weight is 345 g/mol. The summed E-state index contributed by atoms with van der Waals surface area (Å²) in [4.78, 5) is 40.7. The number of amides is 2. The summed E-state index contributed by atoms with van der Waals surface area (Å²) in [7, 11) is 0. The van der Waals surface area contributed by atoms with Gasteiger partial charge < -0.3 is 0 Å². The molecule has 0 N–H and O–H groups in total. The number of rotatable bonds is 1. The third kappa shape index (κ3) is 1.77. The Morgan fingerprint density at radius 3 is 2.31 bits per heavy atom. The number of carbonyl (C=O) groups excluding carboxylic acids is 3. The number of ketones is 1. The lowest BCUT2D eigenvalue weighted by Crippen LogP contribution is -2.44. The van der Waals surface area contributed by atoms with Gasteiger partial charge in [0, 0.05) is 12.3 Å². The number of anilines is 1. The molecule has 1 aliphatic heterocycles. The molecule has 4 heteroatoms. The fourth-order valence-electron chi connectivity index (χ4n) is 5.17. The molecule has 0 radical (unpaired) electrons. The molecule has 0 spiro atoms. The SMILES string of the molecule is Cc1cccc(N2C(=O)[C@@H]3[C@@H](C2=O)[C@H]2CC(=O)[C@@H]3c3ccccc32)c1C. The molecule has 4 aliphatic rings. The van der Waals surface area contributed by atoms with Crippen molar-refractivity contribution in [2.24, 2.45) is 11.8 Å². The highest BCUT2D eigenvalue weighted by Gasteiger charge is 2.62. The van der Waals surface area contributed by atoms with Crippen LogP contribution in [0.5, 0.6) is 0 Å². The van der Waals surface area contributed by atoms with Crippen molar-refractivity contribution < 1.29 is 14.4 Å². The van der Waals surface area contributed by atoms with E-state index in [2.05, 4.69) is 0 Å².